The van der Waals surface area contributed by atoms with Gasteiger partial charge in [0.1, 0.15) is 6.10 Å². The average Bonchev–Trinajstić information content (AvgIpc) is 3.19. The Bertz CT molecular complexity index is 394. The summed E-state index contributed by atoms with van der Waals surface area (Å²) in [5, 5.41) is 3.45. The van der Waals surface area contributed by atoms with E-state index in [9.17, 15) is 4.79 Å². The average molecular weight is 294 g/mol. The van der Waals surface area contributed by atoms with Crippen LogP contribution in [0.1, 0.15) is 25.7 Å². The lowest BCUT2D eigenvalue weighted by Crippen LogP contribution is -2.55. The summed E-state index contributed by atoms with van der Waals surface area (Å²) in [6, 6.07) is 0. The van der Waals surface area contributed by atoms with Gasteiger partial charge in [-0.05, 0) is 31.6 Å². The van der Waals surface area contributed by atoms with E-state index < -0.39 is 0 Å². The zero-order valence-corrected chi connectivity index (χ0v) is 12.9. The second kappa shape index (κ2) is 6.64. The predicted octanol–water partition coefficient (Wildman–Crippen LogP) is 0.295. The van der Waals surface area contributed by atoms with E-state index in [4.69, 9.17) is 4.74 Å². The fraction of sp³-hybridized carbons (Fsp3) is 0.867. The van der Waals surface area contributed by atoms with Crippen molar-refractivity contribution in [3.63, 3.8) is 0 Å². The van der Waals surface area contributed by atoms with Crippen molar-refractivity contribution in [1.82, 2.24) is 15.1 Å². The summed E-state index contributed by atoms with van der Waals surface area (Å²) in [6.45, 7) is 4.99. The molecular formula is C15H26N4O2. The van der Waals surface area contributed by atoms with Gasteiger partial charge in [-0.3, -0.25) is 9.79 Å². The molecular weight excluding hydrogens is 268 g/mol. The molecule has 1 aliphatic carbocycles. The first-order valence-corrected chi connectivity index (χ1v) is 8.14. The number of hydrogen-bond acceptors (Lipinski definition) is 3. The standard InChI is InChI=1S/C15H26N4O2/c1-16-15(17-11-12-4-5-12)19-8-6-18(7-9-19)14(20)13-3-2-10-21-13/h12-13H,2-11H2,1H3,(H,16,17). The lowest BCUT2D eigenvalue weighted by molar-refractivity contribution is -0.142. The number of rotatable bonds is 3. The highest BCUT2D eigenvalue weighted by atomic mass is 16.5. The summed E-state index contributed by atoms with van der Waals surface area (Å²) in [7, 11) is 1.83. The molecule has 3 rings (SSSR count). The molecule has 0 aromatic carbocycles. The van der Waals surface area contributed by atoms with Gasteiger partial charge < -0.3 is 19.9 Å². The van der Waals surface area contributed by atoms with Gasteiger partial charge in [0.05, 0.1) is 0 Å². The number of ether oxygens (including phenoxy) is 1. The molecule has 2 heterocycles. The fourth-order valence-electron chi connectivity index (χ4n) is 3.00. The molecule has 1 amide bonds. The van der Waals surface area contributed by atoms with E-state index in [1.807, 2.05) is 11.9 Å². The summed E-state index contributed by atoms with van der Waals surface area (Å²) < 4.78 is 5.49. The lowest BCUT2D eigenvalue weighted by atomic mass is 10.2. The number of guanidine groups is 1. The molecule has 1 saturated carbocycles. The van der Waals surface area contributed by atoms with Gasteiger partial charge in [-0.1, -0.05) is 0 Å². The second-order valence-electron chi connectivity index (χ2n) is 6.19. The third-order valence-corrected chi connectivity index (χ3v) is 4.55. The number of piperazine rings is 1. The van der Waals surface area contributed by atoms with Crippen LogP contribution < -0.4 is 5.32 Å². The van der Waals surface area contributed by atoms with Crippen LogP contribution in [0.25, 0.3) is 0 Å². The lowest BCUT2D eigenvalue weighted by Gasteiger charge is -2.37. The quantitative estimate of drug-likeness (QED) is 0.601. The Morgan fingerprint density at radius 2 is 1.90 bits per heavy atom. The summed E-state index contributed by atoms with van der Waals surface area (Å²) in [4.78, 5) is 20.9. The molecule has 0 aromatic heterocycles. The summed E-state index contributed by atoms with van der Waals surface area (Å²) >= 11 is 0. The Kier molecular flexibility index (Phi) is 4.63. The van der Waals surface area contributed by atoms with Gasteiger partial charge in [0, 0.05) is 46.4 Å². The molecule has 1 N–H and O–H groups in total. The summed E-state index contributed by atoms with van der Waals surface area (Å²) in [5.41, 5.74) is 0. The maximum Gasteiger partial charge on any atom is 0.251 e. The summed E-state index contributed by atoms with van der Waals surface area (Å²) in [5.74, 6) is 1.99. The SMILES string of the molecule is CN=C(NCC1CC1)N1CCN(C(=O)C2CCCO2)CC1. The van der Waals surface area contributed by atoms with E-state index >= 15 is 0 Å². The minimum Gasteiger partial charge on any atom is -0.368 e. The van der Waals surface area contributed by atoms with Crippen LogP contribution in [-0.4, -0.2) is 74.1 Å². The Balaban J connectivity index is 1.45. The molecule has 1 atom stereocenters. The zero-order valence-electron chi connectivity index (χ0n) is 12.9. The van der Waals surface area contributed by atoms with Crippen LogP contribution >= 0.6 is 0 Å². The van der Waals surface area contributed by atoms with Crippen molar-refractivity contribution >= 4 is 11.9 Å². The number of amides is 1. The van der Waals surface area contributed by atoms with E-state index in [0.29, 0.717) is 0 Å². The van der Waals surface area contributed by atoms with Gasteiger partial charge in [0.15, 0.2) is 5.96 Å². The fourth-order valence-corrected chi connectivity index (χ4v) is 3.00. The van der Waals surface area contributed by atoms with Crippen LogP contribution in [-0.2, 0) is 9.53 Å². The minimum atomic E-state index is -0.191. The maximum absolute atomic E-state index is 12.3. The Morgan fingerprint density at radius 1 is 1.19 bits per heavy atom. The van der Waals surface area contributed by atoms with Crippen molar-refractivity contribution in [1.29, 1.82) is 0 Å². The number of carbonyl (C=O) groups is 1. The van der Waals surface area contributed by atoms with Crippen molar-refractivity contribution in [3.05, 3.63) is 0 Å². The molecule has 6 nitrogen and oxygen atoms in total. The molecule has 0 aromatic rings. The second-order valence-corrected chi connectivity index (χ2v) is 6.19. The third-order valence-electron chi connectivity index (χ3n) is 4.55. The first-order chi connectivity index (χ1) is 10.3. The largest absolute Gasteiger partial charge is 0.368 e. The monoisotopic (exact) mass is 294 g/mol. The van der Waals surface area contributed by atoms with Crippen molar-refractivity contribution in [2.75, 3.05) is 46.4 Å². The first-order valence-electron chi connectivity index (χ1n) is 8.14. The number of aliphatic imine (C=N–C) groups is 1. The van der Waals surface area contributed by atoms with E-state index in [1.54, 1.807) is 0 Å². The topological polar surface area (TPSA) is 57.2 Å². The molecule has 2 aliphatic heterocycles. The highest BCUT2D eigenvalue weighted by molar-refractivity contribution is 5.82. The van der Waals surface area contributed by atoms with Gasteiger partial charge >= 0.3 is 0 Å². The van der Waals surface area contributed by atoms with Crippen LogP contribution in [0.4, 0.5) is 0 Å². The number of carbonyl (C=O) groups excluding carboxylic acids is 1. The van der Waals surface area contributed by atoms with Crippen molar-refractivity contribution in [2.45, 2.75) is 31.8 Å². The molecule has 0 spiro atoms. The highest BCUT2D eigenvalue weighted by Gasteiger charge is 2.31. The van der Waals surface area contributed by atoms with Gasteiger partial charge in [-0.2, -0.15) is 0 Å². The van der Waals surface area contributed by atoms with Gasteiger partial charge in [0.2, 0.25) is 0 Å². The highest BCUT2D eigenvalue weighted by Crippen LogP contribution is 2.27. The van der Waals surface area contributed by atoms with Crippen LogP contribution in [0, 0.1) is 5.92 Å². The normalized spacial score (nSPS) is 27.1. The molecule has 21 heavy (non-hydrogen) atoms. The van der Waals surface area contributed by atoms with E-state index in [-0.39, 0.29) is 12.0 Å². The third kappa shape index (κ3) is 3.67. The van der Waals surface area contributed by atoms with Crippen LogP contribution in [0.15, 0.2) is 4.99 Å². The molecule has 6 heteroatoms. The Morgan fingerprint density at radius 3 is 2.48 bits per heavy atom. The van der Waals surface area contributed by atoms with E-state index in [0.717, 1.165) is 64.0 Å². The molecule has 2 saturated heterocycles. The van der Waals surface area contributed by atoms with Crippen molar-refractivity contribution in [3.8, 4) is 0 Å². The van der Waals surface area contributed by atoms with Gasteiger partial charge in [-0.15, -0.1) is 0 Å². The number of nitrogens with one attached hydrogen (secondary N) is 1. The van der Waals surface area contributed by atoms with Crippen molar-refractivity contribution in [2.24, 2.45) is 10.9 Å². The van der Waals surface area contributed by atoms with Crippen molar-refractivity contribution < 1.29 is 9.53 Å². The molecule has 118 valence electrons. The number of nitrogens with zero attached hydrogens (tertiary/aromatic N) is 3. The summed E-state index contributed by atoms with van der Waals surface area (Å²) in [6.07, 6.45) is 4.38. The predicted molar refractivity (Wildman–Crippen MR) is 81.2 cm³/mol. The molecule has 3 fully saturated rings. The molecule has 1 unspecified atom stereocenters. The van der Waals surface area contributed by atoms with E-state index in [1.165, 1.54) is 12.8 Å². The Labute approximate surface area is 126 Å². The van der Waals surface area contributed by atoms with Crippen LogP contribution in [0.5, 0.6) is 0 Å². The zero-order chi connectivity index (χ0) is 14.7. The molecule has 3 aliphatic rings. The smallest absolute Gasteiger partial charge is 0.251 e. The van der Waals surface area contributed by atoms with Gasteiger partial charge in [-0.25, -0.2) is 0 Å². The number of hydrogen-bond donors (Lipinski definition) is 1. The maximum atomic E-state index is 12.3. The molecule has 0 radical (unpaired) electrons. The minimum absolute atomic E-state index is 0.174. The Hall–Kier alpha value is -1.30. The van der Waals surface area contributed by atoms with Gasteiger partial charge in [0.25, 0.3) is 5.91 Å². The first kappa shape index (κ1) is 14.6. The van der Waals surface area contributed by atoms with Crippen LogP contribution in [0.2, 0.25) is 0 Å². The van der Waals surface area contributed by atoms with E-state index in [2.05, 4.69) is 15.2 Å². The van der Waals surface area contributed by atoms with Crippen LogP contribution in [0.3, 0.4) is 0 Å². The molecule has 0 bridgehead atoms.